The van der Waals surface area contributed by atoms with Gasteiger partial charge in [-0.1, -0.05) is 11.6 Å². The maximum Gasteiger partial charge on any atom is 0.417 e. The monoisotopic (exact) mass is 453 g/mol. The van der Waals surface area contributed by atoms with Crippen molar-refractivity contribution >= 4 is 33.4 Å². The molecule has 1 aromatic carbocycles. The number of alkyl halides is 3. The van der Waals surface area contributed by atoms with Crippen molar-refractivity contribution < 1.29 is 31.2 Å². The SMILES string of the molecule is CN1C[C@H](C(=O)N2CCN(S(=O)(=O)c3ccc(Cl)c(C(F)(F)F)c3)CC2)CC1=O. The van der Waals surface area contributed by atoms with E-state index in [1.165, 1.54) is 9.80 Å². The maximum absolute atomic E-state index is 13.0. The predicted octanol–water partition coefficient (Wildman–Crippen LogP) is 1.67. The number of piperazine rings is 1. The normalized spacial score (nSPS) is 21.7. The molecule has 1 aromatic rings. The third-order valence-electron chi connectivity index (χ3n) is 5.12. The Morgan fingerprint density at radius 1 is 1.17 bits per heavy atom. The van der Waals surface area contributed by atoms with E-state index in [1.807, 2.05) is 0 Å². The molecule has 160 valence electrons. The zero-order valence-corrected chi connectivity index (χ0v) is 17.0. The van der Waals surface area contributed by atoms with Crippen LogP contribution in [0.15, 0.2) is 23.1 Å². The second-order valence-electron chi connectivity index (χ2n) is 7.04. The van der Waals surface area contributed by atoms with E-state index in [4.69, 9.17) is 11.6 Å². The Balaban J connectivity index is 1.70. The number of carbonyl (C=O) groups is 2. The summed E-state index contributed by atoms with van der Waals surface area (Å²) in [5, 5.41) is -0.581. The van der Waals surface area contributed by atoms with E-state index >= 15 is 0 Å². The molecular weight excluding hydrogens is 435 g/mol. The lowest BCUT2D eigenvalue weighted by Crippen LogP contribution is -2.52. The van der Waals surface area contributed by atoms with E-state index in [0.717, 1.165) is 16.4 Å². The van der Waals surface area contributed by atoms with Crippen LogP contribution in [0.2, 0.25) is 5.02 Å². The van der Waals surface area contributed by atoms with Gasteiger partial charge < -0.3 is 9.80 Å². The maximum atomic E-state index is 13.0. The van der Waals surface area contributed by atoms with Crippen molar-refractivity contribution in [2.24, 2.45) is 5.92 Å². The number of hydrogen-bond acceptors (Lipinski definition) is 4. The third-order valence-corrected chi connectivity index (χ3v) is 7.35. The molecule has 1 atom stereocenters. The van der Waals surface area contributed by atoms with Crippen molar-refractivity contribution in [2.75, 3.05) is 39.8 Å². The standard InChI is InChI=1S/C17H19ClF3N3O4S/c1-22-10-11(8-15(22)25)16(26)23-4-6-24(7-5-23)29(27,28)12-2-3-14(18)13(9-12)17(19,20)21/h2-3,9,11H,4-8,10H2,1H3/t11-/m1/s1. The molecule has 29 heavy (non-hydrogen) atoms. The first kappa shape index (κ1) is 21.8. The van der Waals surface area contributed by atoms with Crippen molar-refractivity contribution in [1.82, 2.24) is 14.1 Å². The highest BCUT2D eigenvalue weighted by molar-refractivity contribution is 7.89. The van der Waals surface area contributed by atoms with Crippen molar-refractivity contribution in [3.05, 3.63) is 28.8 Å². The van der Waals surface area contributed by atoms with E-state index in [0.29, 0.717) is 12.6 Å². The first-order chi connectivity index (χ1) is 13.4. The van der Waals surface area contributed by atoms with Crippen LogP contribution in [0.5, 0.6) is 0 Å². The number of rotatable bonds is 3. The quantitative estimate of drug-likeness (QED) is 0.697. The number of halogens is 4. The average Bonchev–Trinajstić information content (AvgIpc) is 2.99. The Hall–Kier alpha value is -1.85. The van der Waals surface area contributed by atoms with Crippen molar-refractivity contribution in [3.63, 3.8) is 0 Å². The first-order valence-corrected chi connectivity index (χ1v) is 10.6. The molecule has 0 bridgehead atoms. The van der Waals surface area contributed by atoms with Gasteiger partial charge in [0.05, 0.1) is 21.4 Å². The second-order valence-corrected chi connectivity index (χ2v) is 9.39. The fraction of sp³-hybridized carbons (Fsp3) is 0.529. The molecule has 0 N–H and O–H groups in total. The Morgan fingerprint density at radius 2 is 1.79 bits per heavy atom. The molecule has 2 amide bonds. The average molecular weight is 454 g/mol. The lowest BCUT2D eigenvalue weighted by atomic mass is 10.1. The van der Waals surface area contributed by atoms with Gasteiger partial charge in [0.15, 0.2) is 0 Å². The molecular formula is C17H19ClF3N3O4S. The molecule has 2 heterocycles. The predicted molar refractivity (Wildman–Crippen MR) is 97.5 cm³/mol. The van der Waals surface area contributed by atoms with Gasteiger partial charge in [-0.2, -0.15) is 17.5 Å². The van der Waals surface area contributed by atoms with Gasteiger partial charge in [0.1, 0.15) is 0 Å². The summed E-state index contributed by atoms with van der Waals surface area (Å²) in [6.45, 7) is 0.433. The highest BCUT2D eigenvalue weighted by Gasteiger charge is 2.38. The number of amides is 2. The number of benzene rings is 1. The molecule has 0 saturated carbocycles. The summed E-state index contributed by atoms with van der Waals surface area (Å²) in [4.78, 5) is 26.6. The molecule has 0 radical (unpaired) electrons. The molecule has 7 nitrogen and oxygen atoms in total. The summed E-state index contributed by atoms with van der Waals surface area (Å²) in [5.74, 6) is -0.792. The lowest BCUT2D eigenvalue weighted by molar-refractivity contribution is -0.138. The zero-order valence-electron chi connectivity index (χ0n) is 15.4. The largest absolute Gasteiger partial charge is 0.417 e. The fourth-order valence-electron chi connectivity index (χ4n) is 3.47. The summed E-state index contributed by atoms with van der Waals surface area (Å²) in [6.07, 6.45) is -4.65. The molecule has 2 aliphatic rings. The van der Waals surface area contributed by atoms with E-state index in [9.17, 15) is 31.2 Å². The van der Waals surface area contributed by atoms with Crippen LogP contribution in [0, 0.1) is 5.92 Å². The number of likely N-dealkylation sites (tertiary alicyclic amines) is 1. The molecule has 12 heteroatoms. The van der Waals surface area contributed by atoms with Crippen LogP contribution in [-0.4, -0.2) is 74.1 Å². The summed E-state index contributed by atoms with van der Waals surface area (Å²) in [7, 11) is -2.56. The van der Waals surface area contributed by atoms with Gasteiger partial charge in [-0.3, -0.25) is 9.59 Å². The third kappa shape index (κ3) is 4.36. The van der Waals surface area contributed by atoms with Crippen molar-refractivity contribution in [3.8, 4) is 0 Å². The van der Waals surface area contributed by atoms with Gasteiger partial charge >= 0.3 is 6.18 Å². The molecule has 0 aliphatic carbocycles. The van der Waals surface area contributed by atoms with Gasteiger partial charge in [-0.05, 0) is 18.2 Å². The van der Waals surface area contributed by atoms with Crippen LogP contribution < -0.4 is 0 Å². The van der Waals surface area contributed by atoms with Crippen LogP contribution in [0.1, 0.15) is 12.0 Å². The van der Waals surface area contributed by atoms with Crippen LogP contribution in [0.25, 0.3) is 0 Å². The highest BCUT2D eigenvalue weighted by atomic mass is 35.5. The minimum Gasteiger partial charge on any atom is -0.345 e. The van der Waals surface area contributed by atoms with E-state index in [-0.39, 0.29) is 44.4 Å². The summed E-state index contributed by atoms with van der Waals surface area (Å²) in [5.41, 5.74) is -1.22. The lowest BCUT2D eigenvalue weighted by Gasteiger charge is -2.35. The van der Waals surface area contributed by atoms with Crippen LogP contribution in [0.3, 0.4) is 0 Å². The number of sulfonamides is 1. The van der Waals surface area contributed by atoms with Crippen LogP contribution >= 0.6 is 11.6 Å². The number of carbonyl (C=O) groups excluding carboxylic acids is 2. The number of nitrogens with zero attached hydrogens (tertiary/aromatic N) is 3. The summed E-state index contributed by atoms with van der Waals surface area (Å²) < 4.78 is 65.7. The second kappa shape index (κ2) is 7.77. The summed E-state index contributed by atoms with van der Waals surface area (Å²) >= 11 is 5.55. The zero-order chi connectivity index (χ0) is 21.6. The minimum absolute atomic E-state index is 0.0471. The van der Waals surface area contributed by atoms with E-state index in [2.05, 4.69) is 0 Å². The van der Waals surface area contributed by atoms with Gasteiger partial charge in [-0.25, -0.2) is 8.42 Å². The Labute approximate surface area is 171 Å². The molecule has 2 fully saturated rings. The Morgan fingerprint density at radius 3 is 2.31 bits per heavy atom. The minimum atomic E-state index is -4.78. The molecule has 0 unspecified atom stereocenters. The molecule has 2 saturated heterocycles. The smallest absolute Gasteiger partial charge is 0.345 e. The van der Waals surface area contributed by atoms with Gasteiger partial charge in [0.25, 0.3) is 0 Å². The Bertz CT molecular complexity index is 930. The van der Waals surface area contributed by atoms with Crippen LogP contribution in [-0.2, 0) is 25.8 Å². The topological polar surface area (TPSA) is 78.0 Å². The van der Waals surface area contributed by atoms with Crippen molar-refractivity contribution in [1.29, 1.82) is 0 Å². The fourth-order valence-corrected chi connectivity index (χ4v) is 5.14. The van der Waals surface area contributed by atoms with Gasteiger partial charge in [0, 0.05) is 46.2 Å². The van der Waals surface area contributed by atoms with Gasteiger partial charge in [0.2, 0.25) is 21.8 Å². The van der Waals surface area contributed by atoms with E-state index in [1.54, 1.807) is 7.05 Å². The van der Waals surface area contributed by atoms with Crippen LogP contribution in [0.4, 0.5) is 13.2 Å². The summed E-state index contributed by atoms with van der Waals surface area (Å²) in [6, 6.07) is 2.46. The highest BCUT2D eigenvalue weighted by Crippen LogP contribution is 2.36. The van der Waals surface area contributed by atoms with Crippen molar-refractivity contribution in [2.45, 2.75) is 17.5 Å². The molecule has 2 aliphatic heterocycles. The molecule has 3 rings (SSSR count). The molecule has 0 spiro atoms. The van der Waals surface area contributed by atoms with Gasteiger partial charge in [-0.15, -0.1) is 0 Å². The molecule has 0 aromatic heterocycles. The Kier molecular flexibility index (Phi) is 5.85. The van der Waals surface area contributed by atoms with E-state index < -0.39 is 37.6 Å². The number of hydrogen-bond donors (Lipinski definition) is 0. The first-order valence-electron chi connectivity index (χ1n) is 8.81.